The molecule has 0 radical (unpaired) electrons. The van der Waals surface area contributed by atoms with Crippen LogP contribution in [0.3, 0.4) is 0 Å². The van der Waals surface area contributed by atoms with Gasteiger partial charge in [-0.25, -0.2) is 9.67 Å². The van der Waals surface area contributed by atoms with Crippen LogP contribution < -0.4 is 5.73 Å². The number of primary amides is 1. The van der Waals surface area contributed by atoms with Gasteiger partial charge in [-0.3, -0.25) is 4.79 Å². The van der Waals surface area contributed by atoms with E-state index in [1.807, 2.05) is 11.6 Å². The SMILES string of the molecule is CC1(c2nc(CC(N)=O)nn2-c2ccc3c(c2)CCC3)CCCO1. The summed E-state index contributed by atoms with van der Waals surface area (Å²) in [5.74, 6) is 0.786. The smallest absolute Gasteiger partial charge is 0.225 e. The number of aromatic nitrogens is 3. The number of amides is 1. The van der Waals surface area contributed by atoms with Gasteiger partial charge in [-0.2, -0.15) is 5.10 Å². The molecule has 1 amide bonds. The molecule has 2 aromatic rings. The van der Waals surface area contributed by atoms with E-state index in [9.17, 15) is 4.79 Å². The molecule has 6 heteroatoms. The van der Waals surface area contributed by atoms with Crippen molar-refractivity contribution in [3.8, 4) is 5.69 Å². The summed E-state index contributed by atoms with van der Waals surface area (Å²) in [5, 5.41) is 4.56. The molecule has 4 rings (SSSR count). The summed E-state index contributed by atoms with van der Waals surface area (Å²) in [6.45, 7) is 2.76. The molecular weight excluding hydrogens is 304 g/mol. The second-order valence-corrected chi connectivity index (χ2v) is 6.90. The van der Waals surface area contributed by atoms with Crippen LogP contribution in [0.5, 0.6) is 0 Å². The van der Waals surface area contributed by atoms with Gasteiger partial charge in [0.2, 0.25) is 5.91 Å². The average Bonchev–Trinajstić information content (AvgIpc) is 3.25. The van der Waals surface area contributed by atoms with Crippen LogP contribution in [0, 0.1) is 0 Å². The van der Waals surface area contributed by atoms with Gasteiger partial charge >= 0.3 is 0 Å². The zero-order chi connectivity index (χ0) is 16.7. The summed E-state index contributed by atoms with van der Waals surface area (Å²) in [6.07, 6.45) is 5.39. The van der Waals surface area contributed by atoms with Gasteiger partial charge < -0.3 is 10.5 Å². The van der Waals surface area contributed by atoms with Gasteiger partial charge in [0.1, 0.15) is 5.60 Å². The van der Waals surface area contributed by atoms with Gasteiger partial charge in [-0.15, -0.1) is 0 Å². The Labute approximate surface area is 141 Å². The van der Waals surface area contributed by atoms with E-state index < -0.39 is 11.5 Å². The summed E-state index contributed by atoms with van der Waals surface area (Å²) >= 11 is 0. The van der Waals surface area contributed by atoms with Crippen LogP contribution >= 0.6 is 0 Å². The molecule has 1 aliphatic carbocycles. The van der Waals surface area contributed by atoms with Crippen molar-refractivity contribution in [2.24, 2.45) is 5.73 Å². The van der Waals surface area contributed by atoms with E-state index in [0.717, 1.165) is 43.8 Å². The minimum absolute atomic E-state index is 0.0427. The Morgan fingerprint density at radius 3 is 2.92 bits per heavy atom. The number of hydrogen-bond acceptors (Lipinski definition) is 4. The maximum atomic E-state index is 11.3. The Morgan fingerprint density at radius 2 is 2.17 bits per heavy atom. The summed E-state index contributed by atoms with van der Waals surface area (Å²) in [5.41, 5.74) is 8.63. The minimum Gasteiger partial charge on any atom is -0.369 e. The van der Waals surface area contributed by atoms with Crippen molar-refractivity contribution < 1.29 is 9.53 Å². The fraction of sp³-hybridized carbons (Fsp3) is 0.500. The van der Waals surface area contributed by atoms with Crippen LogP contribution in [0.2, 0.25) is 0 Å². The molecule has 2 N–H and O–H groups in total. The summed E-state index contributed by atoms with van der Waals surface area (Å²) in [6, 6.07) is 6.44. The number of carbonyl (C=O) groups is 1. The third kappa shape index (κ3) is 2.60. The quantitative estimate of drug-likeness (QED) is 0.929. The zero-order valence-electron chi connectivity index (χ0n) is 13.9. The number of hydrogen-bond donors (Lipinski definition) is 1. The summed E-state index contributed by atoms with van der Waals surface area (Å²) in [4.78, 5) is 15.9. The van der Waals surface area contributed by atoms with E-state index >= 15 is 0 Å². The zero-order valence-corrected chi connectivity index (χ0v) is 13.9. The highest BCUT2D eigenvalue weighted by atomic mass is 16.5. The second-order valence-electron chi connectivity index (χ2n) is 6.90. The van der Waals surface area contributed by atoms with E-state index in [1.54, 1.807) is 0 Å². The minimum atomic E-state index is -0.470. The Bertz CT molecular complexity index is 790. The number of fused-ring (bicyclic) bond motifs is 1. The molecule has 0 spiro atoms. The molecular formula is C18H22N4O2. The van der Waals surface area contributed by atoms with Crippen LogP contribution in [0.1, 0.15) is 49.0 Å². The van der Waals surface area contributed by atoms with Gasteiger partial charge in [0.15, 0.2) is 11.6 Å². The first kappa shape index (κ1) is 15.3. The van der Waals surface area contributed by atoms with Crippen molar-refractivity contribution in [3.05, 3.63) is 41.0 Å². The maximum absolute atomic E-state index is 11.3. The summed E-state index contributed by atoms with van der Waals surface area (Å²) in [7, 11) is 0. The Balaban J connectivity index is 1.80. The van der Waals surface area contributed by atoms with E-state index in [1.165, 1.54) is 17.5 Å². The second kappa shape index (κ2) is 5.70. The molecule has 2 aliphatic rings. The fourth-order valence-corrected chi connectivity index (χ4v) is 3.75. The van der Waals surface area contributed by atoms with Crippen molar-refractivity contribution in [3.63, 3.8) is 0 Å². The van der Waals surface area contributed by atoms with Crippen LogP contribution in [0.15, 0.2) is 18.2 Å². The number of aryl methyl sites for hydroxylation is 2. The molecule has 2 heterocycles. The lowest BCUT2D eigenvalue weighted by atomic mass is 10.0. The monoisotopic (exact) mass is 326 g/mol. The number of nitrogens with two attached hydrogens (primary N) is 1. The molecule has 24 heavy (non-hydrogen) atoms. The van der Waals surface area contributed by atoms with Crippen LogP contribution in [-0.2, 0) is 34.4 Å². The lowest BCUT2D eigenvalue weighted by molar-refractivity contribution is -0.117. The Hall–Kier alpha value is -2.21. The molecule has 1 aromatic heterocycles. The first-order chi connectivity index (χ1) is 11.5. The number of rotatable bonds is 4. The van der Waals surface area contributed by atoms with E-state index in [2.05, 4.69) is 28.3 Å². The highest BCUT2D eigenvalue weighted by molar-refractivity contribution is 5.75. The molecule has 1 unspecified atom stereocenters. The highest BCUT2D eigenvalue weighted by Gasteiger charge is 2.37. The average molecular weight is 326 g/mol. The predicted octanol–water partition coefficient (Wildman–Crippen LogP) is 1.81. The third-order valence-corrected chi connectivity index (χ3v) is 5.00. The van der Waals surface area contributed by atoms with Crippen molar-refractivity contribution in [2.45, 2.75) is 51.0 Å². The Kier molecular flexibility index (Phi) is 3.64. The Morgan fingerprint density at radius 1 is 1.33 bits per heavy atom. The first-order valence-electron chi connectivity index (χ1n) is 8.56. The van der Waals surface area contributed by atoms with Crippen LogP contribution in [0.4, 0.5) is 0 Å². The largest absolute Gasteiger partial charge is 0.369 e. The van der Waals surface area contributed by atoms with E-state index in [-0.39, 0.29) is 6.42 Å². The maximum Gasteiger partial charge on any atom is 0.225 e. The fourth-order valence-electron chi connectivity index (χ4n) is 3.75. The lowest BCUT2D eigenvalue weighted by Gasteiger charge is -2.22. The highest BCUT2D eigenvalue weighted by Crippen LogP contribution is 2.36. The molecule has 0 bridgehead atoms. The van der Waals surface area contributed by atoms with Gasteiger partial charge in [-0.1, -0.05) is 6.07 Å². The lowest BCUT2D eigenvalue weighted by Crippen LogP contribution is -2.25. The molecule has 1 aromatic carbocycles. The number of nitrogens with zero attached hydrogens (tertiary/aromatic N) is 3. The summed E-state index contributed by atoms with van der Waals surface area (Å²) < 4.78 is 7.80. The van der Waals surface area contributed by atoms with Gasteiger partial charge in [0, 0.05) is 6.61 Å². The number of benzene rings is 1. The molecule has 0 saturated carbocycles. The van der Waals surface area contributed by atoms with Crippen molar-refractivity contribution in [1.29, 1.82) is 0 Å². The standard InChI is InChI=1S/C18H22N4O2/c1-18(8-3-9-24-18)17-20-16(11-15(19)23)21-22(17)14-7-6-12-4-2-5-13(12)10-14/h6-7,10H,2-5,8-9,11H2,1H3,(H2,19,23). The first-order valence-corrected chi connectivity index (χ1v) is 8.56. The van der Waals surface area contributed by atoms with Crippen molar-refractivity contribution in [1.82, 2.24) is 14.8 Å². The van der Waals surface area contributed by atoms with Gasteiger partial charge in [-0.05, 0) is 62.3 Å². The molecule has 1 aliphatic heterocycles. The number of carbonyl (C=O) groups excluding carboxylic acids is 1. The van der Waals surface area contributed by atoms with Crippen molar-refractivity contribution in [2.75, 3.05) is 6.61 Å². The normalized spacial score (nSPS) is 22.7. The molecule has 1 atom stereocenters. The van der Waals surface area contributed by atoms with Crippen LogP contribution in [-0.4, -0.2) is 27.3 Å². The van der Waals surface area contributed by atoms with E-state index in [4.69, 9.17) is 10.5 Å². The topological polar surface area (TPSA) is 83.0 Å². The third-order valence-electron chi connectivity index (χ3n) is 5.00. The van der Waals surface area contributed by atoms with Gasteiger partial charge in [0.25, 0.3) is 0 Å². The molecule has 1 fully saturated rings. The molecule has 6 nitrogen and oxygen atoms in total. The van der Waals surface area contributed by atoms with Crippen LogP contribution in [0.25, 0.3) is 5.69 Å². The number of ether oxygens (including phenoxy) is 1. The van der Waals surface area contributed by atoms with Crippen molar-refractivity contribution >= 4 is 5.91 Å². The molecule has 126 valence electrons. The van der Waals surface area contributed by atoms with Gasteiger partial charge in [0.05, 0.1) is 12.1 Å². The predicted molar refractivity (Wildman–Crippen MR) is 88.8 cm³/mol. The van der Waals surface area contributed by atoms with E-state index in [0.29, 0.717) is 5.82 Å². The molecule has 1 saturated heterocycles.